The Morgan fingerprint density at radius 1 is 1.00 bits per heavy atom. The third-order valence-electron chi connectivity index (χ3n) is 2.72. The van der Waals surface area contributed by atoms with Crippen molar-refractivity contribution in [3.63, 3.8) is 0 Å². The van der Waals surface area contributed by atoms with E-state index < -0.39 is 11.7 Å². The van der Waals surface area contributed by atoms with E-state index in [-0.39, 0.29) is 0 Å². The first-order valence-electron chi connectivity index (χ1n) is 5.44. The van der Waals surface area contributed by atoms with Crippen molar-refractivity contribution >= 4 is 27.5 Å². The van der Waals surface area contributed by atoms with Gasteiger partial charge in [-0.2, -0.15) is 13.2 Å². The first-order valence-corrected chi connectivity index (χ1v) is 6.94. The molecule has 0 N–H and O–H groups in total. The van der Waals surface area contributed by atoms with Gasteiger partial charge in [0.2, 0.25) is 0 Å². The number of benzene rings is 2. The molecule has 0 aromatic heterocycles. The summed E-state index contributed by atoms with van der Waals surface area (Å²) >= 11 is 9.35. The van der Waals surface area contributed by atoms with Crippen LogP contribution in [-0.4, -0.2) is 0 Å². The Morgan fingerprint density at radius 3 is 2.26 bits per heavy atom. The van der Waals surface area contributed by atoms with Crippen molar-refractivity contribution < 1.29 is 13.2 Å². The molecule has 0 fully saturated rings. The Labute approximate surface area is 122 Å². The zero-order valence-electron chi connectivity index (χ0n) is 9.64. The molecular formula is C14H9BrClF3. The maximum atomic E-state index is 12.6. The third-order valence-corrected chi connectivity index (χ3v) is 3.68. The standard InChI is InChI=1S/C14H9BrClF3/c15-8-11-5-4-10(7-13(11)16)9-2-1-3-12(6-9)14(17,18)19/h1-7H,8H2. The first kappa shape index (κ1) is 14.4. The van der Waals surface area contributed by atoms with E-state index >= 15 is 0 Å². The lowest BCUT2D eigenvalue weighted by molar-refractivity contribution is -0.137. The quantitative estimate of drug-likeness (QED) is 0.590. The molecule has 2 aromatic rings. The van der Waals surface area contributed by atoms with Crippen LogP contribution in [0.25, 0.3) is 11.1 Å². The summed E-state index contributed by atoms with van der Waals surface area (Å²) in [6.45, 7) is 0. The van der Waals surface area contributed by atoms with E-state index in [1.807, 2.05) is 0 Å². The molecule has 19 heavy (non-hydrogen) atoms. The molecule has 2 rings (SSSR count). The van der Waals surface area contributed by atoms with E-state index in [4.69, 9.17) is 11.6 Å². The van der Waals surface area contributed by atoms with Crippen LogP contribution in [-0.2, 0) is 11.5 Å². The highest BCUT2D eigenvalue weighted by Gasteiger charge is 2.30. The van der Waals surface area contributed by atoms with E-state index in [2.05, 4.69) is 15.9 Å². The van der Waals surface area contributed by atoms with Gasteiger partial charge in [0.05, 0.1) is 5.56 Å². The molecule has 0 spiro atoms. The first-order chi connectivity index (χ1) is 8.91. The van der Waals surface area contributed by atoms with Crippen molar-refractivity contribution in [3.8, 4) is 11.1 Å². The molecule has 0 unspecified atom stereocenters. The Hall–Kier alpha value is -1.000. The van der Waals surface area contributed by atoms with Gasteiger partial charge in [-0.25, -0.2) is 0 Å². The van der Waals surface area contributed by atoms with Gasteiger partial charge in [-0.3, -0.25) is 0 Å². The predicted molar refractivity (Wildman–Crippen MR) is 74.5 cm³/mol. The summed E-state index contributed by atoms with van der Waals surface area (Å²) < 4.78 is 37.9. The van der Waals surface area contributed by atoms with Crippen LogP contribution in [0.3, 0.4) is 0 Å². The average molecular weight is 350 g/mol. The van der Waals surface area contributed by atoms with E-state index in [0.717, 1.165) is 17.7 Å². The van der Waals surface area contributed by atoms with Crippen LogP contribution < -0.4 is 0 Å². The molecule has 0 aliphatic carbocycles. The lowest BCUT2D eigenvalue weighted by Gasteiger charge is -2.10. The Balaban J connectivity index is 2.45. The van der Waals surface area contributed by atoms with Crippen LogP contribution in [0.15, 0.2) is 42.5 Å². The normalized spacial score (nSPS) is 11.6. The highest BCUT2D eigenvalue weighted by molar-refractivity contribution is 9.08. The summed E-state index contributed by atoms with van der Waals surface area (Å²) in [4.78, 5) is 0. The second-order valence-electron chi connectivity index (χ2n) is 4.02. The van der Waals surface area contributed by atoms with Gasteiger partial charge >= 0.3 is 6.18 Å². The molecule has 0 atom stereocenters. The molecule has 5 heteroatoms. The summed E-state index contributed by atoms with van der Waals surface area (Å²) in [6, 6.07) is 10.4. The van der Waals surface area contributed by atoms with Gasteiger partial charge in [-0.15, -0.1) is 0 Å². The highest BCUT2D eigenvalue weighted by Crippen LogP contribution is 2.33. The van der Waals surface area contributed by atoms with Crippen molar-refractivity contribution in [2.75, 3.05) is 0 Å². The maximum Gasteiger partial charge on any atom is 0.416 e. The Kier molecular flexibility index (Phi) is 4.21. The fraction of sp³-hybridized carbons (Fsp3) is 0.143. The van der Waals surface area contributed by atoms with Crippen molar-refractivity contribution in [2.24, 2.45) is 0 Å². The number of hydrogen-bond donors (Lipinski definition) is 0. The molecule has 100 valence electrons. The summed E-state index contributed by atoms with van der Waals surface area (Å²) in [6.07, 6.45) is -4.34. The fourth-order valence-electron chi connectivity index (χ4n) is 1.71. The lowest BCUT2D eigenvalue weighted by atomic mass is 10.0. The molecular weight excluding hydrogens is 341 g/mol. The van der Waals surface area contributed by atoms with Gasteiger partial charge < -0.3 is 0 Å². The second-order valence-corrected chi connectivity index (χ2v) is 4.99. The minimum atomic E-state index is -4.34. The smallest absolute Gasteiger partial charge is 0.166 e. The summed E-state index contributed by atoms with van der Waals surface area (Å²) in [5.74, 6) is 0. The minimum absolute atomic E-state index is 0.498. The van der Waals surface area contributed by atoms with E-state index in [1.165, 1.54) is 6.07 Å². The van der Waals surface area contributed by atoms with E-state index in [1.54, 1.807) is 24.3 Å². The zero-order chi connectivity index (χ0) is 14.0. The monoisotopic (exact) mass is 348 g/mol. The number of alkyl halides is 4. The minimum Gasteiger partial charge on any atom is -0.166 e. The van der Waals surface area contributed by atoms with Gasteiger partial charge in [-0.1, -0.05) is 51.8 Å². The third kappa shape index (κ3) is 3.31. The van der Waals surface area contributed by atoms with E-state index in [9.17, 15) is 13.2 Å². The molecule has 0 bridgehead atoms. The molecule has 0 heterocycles. The van der Waals surface area contributed by atoms with Crippen LogP contribution >= 0.6 is 27.5 Å². The predicted octanol–water partition coefficient (Wildman–Crippen LogP) is 5.92. The molecule has 0 saturated carbocycles. The topological polar surface area (TPSA) is 0 Å². The molecule has 0 nitrogen and oxygen atoms in total. The van der Waals surface area contributed by atoms with Crippen LogP contribution in [0.5, 0.6) is 0 Å². The summed E-state index contributed by atoms with van der Waals surface area (Å²) in [5.41, 5.74) is 1.40. The molecule has 2 aromatic carbocycles. The maximum absolute atomic E-state index is 12.6. The average Bonchev–Trinajstić information content (AvgIpc) is 2.38. The van der Waals surface area contributed by atoms with Gasteiger partial charge in [0.15, 0.2) is 0 Å². The summed E-state index contributed by atoms with van der Waals surface area (Å²) in [5, 5.41) is 1.14. The van der Waals surface area contributed by atoms with Gasteiger partial charge in [0.25, 0.3) is 0 Å². The lowest BCUT2D eigenvalue weighted by Crippen LogP contribution is -2.04. The van der Waals surface area contributed by atoms with Crippen molar-refractivity contribution in [1.29, 1.82) is 0 Å². The van der Waals surface area contributed by atoms with Crippen molar-refractivity contribution in [2.45, 2.75) is 11.5 Å². The van der Waals surface area contributed by atoms with Crippen LogP contribution in [0.1, 0.15) is 11.1 Å². The highest BCUT2D eigenvalue weighted by atomic mass is 79.9. The summed E-state index contributed by atoms with van der Waals surface area (Å²) in [7, 11) is 0. The fourth-order valence-corrected chi connectivity index (χ4v) is 2.61. The SMILES string of the molecule is FC(F)(F)c1cccc(-c2ccc(CBr)c(Cl)c2)c1. The zero-order valence-corrected chi connectivity index (χ0v) is 12.0. The second kappa shape index (κ2) is 5.55. The molecule has 0 amide bonds. The van der Waals surface area contributed by atoms with Gasteiger partial charge in [-0.05, 0) is 34.9 Å². The number of halogens is 5. The number of rotatable bonds is 2. The van der Waals surface area contributed by atoms with Crippen molar-refractivity contribution in [1.82, 2.24) is 0 Å². The largest absolute Gasteiger partial charge is 0.416 e. The van der Waals surface area contributed by atoms with Crippen LogP contribution in [0, 0.1) is 0 Å². The van der Waals surface area contributed by atoms with E-state index in [0.29, 0.717) is 21.5 Å². The number of hydrogen-bond acceptors (Lipinski definition) is 0. The Bertz CT molecular complexity index is 593. The molecule has 0 saturated heterocycles. The molecule has 0 radical (unpaired) electrons. The van der Waals surface area contributed by atoms with Crippen LogP contribution in [0.2, 0.25) is 5.02 Å². The van der Waals surface area contributed by atoms with Crippen LogP contribution in [0.4, 0.5) is 13.2 Å². The molecule has 0 aliphatic heterocycles. The van der Waals surface area contributed by atoms with Crippen molar-refractivity contribution in [3.05, 3.63) is 58.6 Å². The molecule has 0 aliphatic rings. The Morgan fingerprint density at radius 2 is 1.68 bits per heavy atom. The van der Waals surface area contributed by atoms with Gasteiger partial charge in [0, 0.05) is 10.4 Å². The van der Waals surface area contributed by atoms with Gasteiger partial charge in [0.1, 0.15) is 0 Å².